The fraction of sp³-hybridized carbons (Fsp3) is 0.562. The molecule has 2 rings (SSSR count). The highest BCUT2D eigenvalue weighted by Crippen LogP contribution is 2.10. The number of aromatic amines is 1. The minimum atomic E-state index is -0.529. The quantitative estimate of drug-likeness (QED) is 0.725. The van der Waals surface area contributed by atoms with Gasteiger partial charge in [0.2, 0.25) is 0 Å². The zero-order valence-electron chi connectivity index (χ0n) is 14.9. The van der Waals surface area contributed by atoms with Gasteiger partial charge in [-0.3, -0.25) is 4.79 Å². The van der Waals surface area contributed by atoms with E-state index in [4.69, 9.17) is 4.74 Å². The summed E-state index contributed by atoms with van der Waals surface area (Å²) in [6.45, 7) is 6.97. The Labute approximate surface area is 145 Å². The molecular weight excluding hydrogens is 324 g/mol. The van der Waals surface area contributed by atoms with Gasteiger partial charge >= 0.3 is 5.69 Å². The lowest BCUT2D eigenvalue weighted by Gasteiger charge is -2.14. The second-order valence-corrected chi connectivity index (χ2v) is 6.27. The number of nitrogens with one attached hydrogen (secondary N) is 2. The SMILES string of the molecule is COCCn1cnnc1C(C)NC(=O)c1cc(CC(C)C)[nH]c(=O)n1. The fourth-order valence-electron chi connectivity index (χ4n) is 2.47. The highest BCUT2D eigenvalue weighted by atomic mass is 16.5. The number of hydrogen-bond acceptors (Lipinski definition) is 6. The first kappa shape index (κ1) is 18.8. The highest BCUT2D eigenvalue weighted by molar-refractivity contribution is 5.92. The maximum atomic E-state index is 12.5. The summed E-state index contributed by atoms with van der Waals surface area (Å²) in [5.41, 5.74) is 0.254. The van der Waals surface area contributed by atoms with E-state index in [2.05, 4.69) is 25.5 Å². The van der Waals surface area contributed by atoms with Crippen LogP contribution in [0.3, 0.4) is 0 Å². The van der Waals surface area contributed by atoms with Gasteiger partial charge in [0.25, 0.3) is 5.91 Å². The van der Waals surface area contributed by atoms with Crippen LogP contribution in [0.15, 0.2) is 17.2 Å². The summed E-state index contributed by atoms with van der Waals surface area (Å²) in [4.78, 5) is 30.6. The molecule has 2 heterocycles. The van der Waals surface area contributed by atoms with Gasteiger partial charge in [0.15, 0.2) is 5.82 Å². The summed E-state index contributed by atoms with van der Waals surface area (Å²) in [6, 6.07) is 1.22. The van der Waals surface area contributed by atoms with Crippen LogP contribution in [0, 0.1) is 5.92 Å². The smallest absolute Gasteiger partial charge is 0.345 e. The standard InChI is InChI=1S/C16H24N6O3/c1-10(2)7-12-8-13(20-16(24)19-12)15(23)18-11(3)14-21-17-9-22(14)5-6-25-4/h8-11H,5-7H2,1-4H3,(H,18,23)(H,19,20,24). The molecule has 0 saturated heterocycles. The van der Waals surface area contributed by atoms with Crippen molar-refractivity contribution >= 4 is 5.91 Å². The first-order valence-corrected chi connectivity index (χ1v) is 8.18. The molecule has 1 atom stereocenters. The number of carbonyl (C=O) groups excluding carboxylic acids is 1. The van der Waals surface area contributed by atoms with Crippen LogP contribution in [0.25, 0.3) is 0 Å². The Kier molecular flexibility index (Phi) is 6.40. The summed E-state index contributed by atoms with van der Waals surface area (Å²) in [5.74, 6) is 0.537. The molecule has 0 radical (unpaired) electrons. The molecule has 25 heavy (non-hydrogen) atoms. The third-order valence-corrected chi connectivity index (χ3v) is 3.58. The number of aromatic nitrogens is 5. The highest BCUT2D eigenvalue weighted by Gasteiger charge is 2.18. The lowest BCUT2D eigenvalue weighted by molar-refractivity contribution is 0.0931. The summed E-state index contributed by atoms with van der Waals surface area (Å²) < 4.78 is 6.86. The van der Waals surface area contributed by atoms with Gasteiger partial charge in [-0.15, -0.1) is 10.2 Å². The number of amides is 1. The van der Waals surface area contributed by atoms with Crippen molar-refractivity contribution in [2.24, 2.45) is 5.92 Å². The van der Waals surface area contributed by atoms with Crippen LogP contribution in [0.2, 0.25) is 0 Å². The summed E-state index contributed by atoms with van der Waals surface area (Å²) in [5, 5.41) is 10.7. The topological polar surface area (TPSA) is 115 Å². The van der Waals surface area contributed by atoms with E-state index >= 15 is 0 Å². The van der Waals surface area contributed by atoms with Crippen LogP contribution in [-0.2, 0) is 17.7 Å². The molecule has 2 N–H and O–H groups in total. The van der Waals surface area contributed by atoms with E-state index in [1.165, 1.54) is 0 Å². The largest absolute Gasteiger partial charge is 0.383 e. The molecule has 136 valence electrons. The predicted octanol–water partition coefficient (Wildman–Crippen LogP) is 0.697. The van der Waals surface area contributed by atoms with Gasteiger partial charge in [0.05, 0.1) is 12.6 Å². The lowest BCUT2D eigenvalue weighted by Crippen LogP contribution is -2.31. The average molecular weight is 348 g/mol. The van der Waals surface area contributed by atoms with E-state index in [0.717, 1.165) is 0 Å². The van der Waals surface area contributed by atoms with E-state index in [1.54, 1.807) is 26.4 Å². The average Bonchev–Trinajstić information content (AvgIpc) is 3.00. The van der Waals surface area contributed by atoms with E-state index in [-0.39, 0.29) is 11.7 Å². The van der Waals surface area contributed by atoms with Crippen LogP contribution >= 0.6 is 0 Å². The zero-order valence-corrected chi connectivity index (χ0v) is 14.9. The van der Waals surface area contributed by atoms with Gasteiger partial charge in [-0.2, -0.15) is 4.98 Å². The summed E-state index contributed by atoms with van der Waals surface area (Å²) >= 11 is 0. The number of H-pyrrole nitrogens is 1. The van der Waals surface area contributed by atoms with Crippen molar-refractivity contribution in [2.75, 3.05) is 13.7 Å². The van der Waals surface area contributed by atoms with Gasteiger partial charge in [0.1, 0.15) is 12.0 Å². The molecule has 1 unspecified atom stereocenters. The van der Waals surface area contributed by atoms with E-state index in [0.29, 0.717) is 37.0 Å². The van der Waals surface area contributed by atoms with Gasteiger partial charge < -0.3 is 19.6 Å². The second-order valence-electron chi connectivity index (χ2n) is 6.27. The van der Waals surface area contributed by atoms with E-state index in [1.807, 2.05) is 18.4 Å². The maximum absolute atomic E-state index is 12.5. The van der Waals surface area contributed by atoms with Crippen LogP contribution in [-0.4, -0.2) is 44.4 Å². The molecule has 0 fully saturated rings. The molecule has 1 amide bonds. The minimum Gasteiger partial charge on any atom is -0.383 e. The molecule has 0 saturated carbocycles. The Hall–Kier alpha value is -2.55. The van der Waals surface area contributed by atoms with E-state index < -0.39 is 11.6 Å². The maximum Gasteiger partial charge on any atom is 0.345 e. The summed E-state index contributed by atoms with van der Waals surface area (Å²) in [7, 11) is 1.61. The number of hydrogen-bond donors (Lipinski definition) is 2. The molecule has 0 aromatic carbocycles. The van der Waals surface area contributed by atoms with Crippen LogP contribution in [0.4, 0.5) is 0 Å². The predicted molar refractivity (Wildman–Crippen MR) is 91.2 cm³/mol. The van der Waals surface area contributed by atoms with E-state index in [9.17, 15) is 9.59 Å². The van der Waals surface area contributed by atoms with Crippen molar-refractivity contribution in [1.82, 2.24) is 30.0 Å². The van der Waals surface area contributed by atoms with Crippen molar-refractivity contribution < 1.29 is 9.53 Å². The molecule has 0 bridgehead atoms. The lowest BCUT2D eigenvalue weighted by atomic mass is 10.1. The zero-order chi connectivity index (χ0) is 18.4. The van der Waals surface area contributed by atoms with Crippen molar-refractivity contribution in [3.05, 3.63) is 40.1 Å². The van der Waals surface area contributed by atoms with Gasteiger partial charge in [-0.1, -0.05) is 13.8 Å². The molecule has 2 aromatic heterocycles. The molecule has 9 nitrogen and oxygen atoms in total. The summed E-state index contributed by atoms with van der Waals surface area (Å²) in [6.07, 6.45) is 2.25. The van der Waals surface area contributed by atoms with Crippen LogP contribution < -0.4 is 11.0 Å². The molecule has 0 aliphatic carbocycles. The van der Waals surface area contributed by atoms with Crippen LogP contribution in [0.1, 0.15) is 48.8 Å². The van der Waals surface area contributed by atoms with Crippen molar-refractivity contribution in [3.8, 4) is 0 Å². The Balaban J connectivity index is 2.12. The Bertz CT molecular complexity index is 767. The van der Waals surface area contributed by atoms with Gasteiger partial charge in [-0.05, 0) is 25.3 Å². The molecule has 2 aromatic rings. The first-order chi connectivity index (χ1) is 11.9. The number of methoxy groups -OCH3 is 1. The number of carbonyl (C=O) groups is 1. The Morgan fingerprint density at radius 2 is 2.16 bits per heavy atom. The minimum absolute atomic E-state index is 0.0919. The molecule has 0 aliphatic heterocycles. The third-order valence-electron chi connectivity index (χ3n) is 3.58. The van der Waals surface area contributed by atoms with Gasteiger partial charge in [-0.25, -0.2) is 4.79 Å². The normalized spacial score (nSPS) is 12.4. The van der Waals surface area contributed by atoms with Crippen LogP contribution in [0.5, 0.6) is 0 Å². The van der Waals surface area contributed by atoms with Gasteiger partial charge in [0, 0.05) is 19.3 Å². The van der Waals surface area contributed by atoms with Crippen molar-refractivity contribution in [1.29, 1.82) is 0 Å². The number of ether oxygens (including phenoxy) is 1. The molecule has 9 heteroatoms. The molecular formula is C16H24N6O3. The first-order valence-electron chi connectivity index (χ1n) is 8.18. The second kappa shape index (κ2) is 8.52. The Morgan fingerprint density at radius 1 is 1.40 bits per heavy atom. The third kappa shape index (κ3) is 5.21. The fourth-order valence-corrected chi connectivity index (χ4v) is 2.47. The monoisotopic (exact) mass is 348 g/mol. The van der Waals surface area contributed by atoms with Crippen molar-refractivity contribution in [3.63, 3.8) is 0 Å². The number of nitrogens with zero attached hydrogens (tertiary/aromatic N) is 4. The van der Waals surface area contributed by atoms with Crippen molar-refractivity contribution in [2.45, 2.75) is 39.8 Å². The Morgan fingerprint density at radius 3 is 2.84 bits per heavy atom. The molecule has 0 aliphatic rings. The number of rotatable bonds is 8. The molecule has 0 spiro atoms.